The number of esters is 1. The summed E-state index contributed by atoms with van der Waals surface area (Å²) in [4.78, 5) is 16.8. The Morgan fingerprint density at radius 1 is 1.39 bits per heavy atom. The average molecular weight is 357 g/mol. The number of halogens is 1. The van der Waals surface area contributed by atoms with Gasteiger partial charge in [0.05, 0.1) is 12.0 Å². The quantitative estimate of drug-likeness (QED) is 0.367. The molecule has 1 heterocycles. The second kappa shape index (κ2) is 7.30. The second-order valence-electron chi connectivity index (χ2n) is 6.48. The molecule has 5 nitrogen and oxygen atoms in total. The number of rotatable bonds is 6. The Hall–Kier alpha value is -0.953. The fourth-order valence-corrected chi connectivity index (χ4v) is 3.59. The maximum absolute atomic E-state index is 12.7. The fourth-order valence-electron chi connectivity index (χ4n) is 2.67. The van der Waals surface area contributed by atoms with Gasteiger partial charge in [0.2, 0.25) is 15.5 Å². The van der Waals surface area contributed by atoms with Gasteiger partial charge in [0.25, 0.3) is 0 Å². The molecular weight excluding hydrogens is 332 g/mol. The van der Waals surface area contributed by atoms with Crippen LogP contribution in [0.25, 0.3) is 0 Å². The molecule has 1 aromatic heterocycles. The third-order valence-electron chi connectivity index (χ3n) is 4.38. The van der Waals surface area contributed by atoms with Gasteiger partial charge in [0, 0.05) is 11.8 Å². The number of ether oxygens (including phenoxy) is 1. The van der Waals surface area contributed by atoms with Crippen LogP contribution in [0.1, 0.15) is 40.2 Å². The predicted octanol–water partition coefficient (Wildman–Crippen LogP) is 2.94. The summed E-state index contributed by atoms with van der Waals surface area (Å²) in [6, 6.07) is 3.59. The largest absolute Gasteiger partial charge is 0.463 e. The van der Waals surface area contributed by atoms with Crippen molar-refractivity contribution in [2.75, 3.05) is 6.61 Å². The van der Waals surface area contributed by atoms with Gasteiger partial charge in [-0.3, -0.25) is 5.73 Å². The van der Waals surface area contributed by atoms with E-state index in [1.165, 1.54) is 0 Å². The minimum Gasteiger partial charge on any atom is -0.463 e. The van der Waals surface area contributed by atoms with E-state index in [1.54, 1.807) is 19.2 Å². The molecule has 0 aliphatic heterocycles. The smallest absolute Gasteiger partial charge is 0.353 e. The highest BCUT2D eigenvalue weighted by atomic mass is 35.5. The Balaban J connectivity index is 3.68. The first-order valence-corrected chi connectivity index (χ1v) is 9.26. The first-order valence-electron chi connectivity index (χ1n) is 7.48. The van der Waals surface area contributed by atoms with Crippen LogP contribution in [-0.2, 0) is 19.4 Å². The Kier molecular flexibility index (Phi) is 6.37. The van der Waals surface area contributed by atoms with Gasteiger partial charge in [-0.15, -0.1) is 0 Å². The molecule has 1 rings (SSSR count). The standard InChI is InChI=1S/C16H25ClN2O3Si/c1-7-21-13(20)16(18,22-23-6)15(5,14(2,3)4)11-9-8-10-19-12(11)17/h8-10H,7,18H2,1-6H3. The van der Waals surface area contributed by atoms with Gasteiger partial charge in [0.15, 0.2) is 0 Å². The van der Waals surface area contributed by atoms with Crippen molar-refractivity contribution in [1.29, 1.82) is 0 Å². The monoisotopic (exact) mass is 356 g/mol. The Labute approximate surface area is 145 Å². The van der Waals surface area contributed by atoms with Crippen LogP contribution in [0.4, 0.5) is 0 Å². The molecule has 0 aliphatic carbocycles. The van der Waals surface area contributed by atoms with Crippen LogP contribution < -0.4 is 5.73 Å². The van der Waals surface area contributed by atoms with Crippen molar-refractivity contribution in [3.8, 4) is 0 Å². The van der Waals surface area contributed by atoms with Crippen LogP contribution in [0.2, 0.25) is 11.7 Å². The number of nitrogens with zero attached hydrogens (tertiary/aromatic N) is 1. The molecule has 0 aliphatic rings. The van der Waals surface area contributed by atoms with E-state index in [2.05, 4.69) is 4.98 Å². The third kappa shape index (κ3) is 3.45. The van der Waals surface area contributed by atoms with Crippen LogP contribution in [0.5, 0.6) is 0 Å². The van der Waals surface area contributed by atoms with Gasteiger partial charge in [-0.1, -0.05) is 45.4 Å². The van der Waals surface area contributed by atoms with E-state index in [0.29, 0.717) is 10.7 Å². The van der Waals surface area contributed by atoms with E-state index < -0.39 is 22.5 Å². The van der Waals surface area contributed by atoms with Gasteiger partial charge in [-0.25, -0.2) is 9.78 Å². The number of hydrogen-bond acceptors (Lipinski definition) is 5. The van der Waals surface area contributed by atoms with E-state index in [4.69, 9.17) is 26.5 Å². The van der Waals surface area contributed by atoms with Crippen molar-refractivity contribution in [1.82, 2.24) is 4.98 Å². The van der Waals surface area contributed by atoms with Gasteiger partial charge >= 0.3 is 5.97 Å². The molecule has 0 saturated heterocycles. The SMILES string of the molecule is CCOC(=O)C(N)(O[Si]C)C(C)(c1cccnc1Cl)C(C)(C)C. The number of pyridine rings is 1. The molecule has 2 unspecified atom stereocenters. The first-order chi connectivity index (χ1) is 10.6. The van der Waals surface area contributed by atoms with Crippen molar-refractivity contribution in [3.05, 3.63) is 29.0 Å². The molecule has 7 heteroatoms. The lowest BCUT2D eigenvalue weighted by molar-refractivity contribution is -0.174. The van der Waals surface area contributed by atoms with Crippen molar-refractivity contribution in [2.24, 2.45) is 11.1 Å². The van der Waals surface area contributed by atoms with E-state index in [9.17, 15) is 4.79 Å². The Bertz CT molecular complexity index is 565. The van der Waals surface area contributed by atoms with Crippen LogP contribution in [-0.4, -0.2) is 33.0 Å². The van der Waals surface area contributed by atoms with Gasteiger partial charge in [-0.05, 0) is 25.0 Å². The van der Waals surface area contributed by atoms with E-state index >= 15 is 0 Å². The summed E-state index contributed by atoms with van der Waals surface area (Å²) in [5.74, 6) is -0.605. The fraction of sp³-hybridized carbons (Fsp3) is 0.625. The summed E-state index contributed by atoms with van der Waals surface area (Å²) >= 11 is 6.33. The van der Waals surface area contributed by atoms with Gasteiger partial charge < -0.3 is 9.16 Å². The summed E-state index contributed by atoms with van der Waals surface area (Å²) < 4.78 is 11.0. The minimum absolute atomic E-state index is 0.0114. The highest BCUT2D eigenvalue weighted by Gasteiger charge is 2.60. The minimum atomic E-state index is -1.68. The maximum atomic E-state index is 12.7. The summed E-state index contributed by atoms with van der Waals surface area (Å²) in [7, 11) is 0.0114. The number of nitrogens with two attached hydrogens (primary N) is 1. The zero-order valence-electron chi connectivity index (χ0n) is 14.6. The molecule has 0 amide bonds. The lowest BCUT2D eigenvalue weighted by atomic mass is 9.58. The van der Waals surface area contributed by atoms with Crippen LogP contribution in [0, 0.1) is 5.41 Å². The molecule has 128 valence electrons. The second-order valence-corrected chi connectivity index (χ2v) is 7.45. The lowest BCUT2D eigenvalue weighted by Gasteiger charge is -2.51. The molecule has 2 atom stereocenters. The van der Waals surface area contributed by atoms with Gasteiger partial charge in [0.1, 0.15) is 5.15 Å². The molecule has 0 spiro atoms. The van der Waals surface area contributed by atoms with E-state index in [0.717, 1.165) is 0 Å². The molecule has 1 aromatic rings. The third-order valence-corrected chi connectivity index (χ3v) is 5.21. The summed E-state index contributed by atoms with van der Waals surface area (Å²) in [6.07, 6.45) is 1.60. The summed E-state index contributed by atoms with van der Waals surface area (Å²) in [5, 5.41) is 0.298. The molecule has 0 bridgehead atoms. The number of aromatic nitrogens is 1. The zero-order valence-corrected chi connectivity index (χ0v) is 16.3. The van der Waals surface area contributed by atoms with Crippen LogP contribution in [0.15, 0.2) is 18.3 Å². The van der Waals surface area contributed by atoms with Crippen molar-refractivity contribution >= 4 is 27.3 Å². The summed E-state index contributed by atoms with van der Waals surface area (Å²) in [6.45, 7) is 11.6. The topological polar surface area (TPSA) is 74.4 Å². The first kappa shape index (κ1) is 20.1. The number of carbonyl (C=O) groups excluding carboxylic acids is 1. The van der Waals surface area contributed by atoms with E-state index in [-0.39, 0.29) is 16.4 Å². The van der Waals surface area contributed by atoms with Gasteiger partial charge in [-0.2, -0.15) is 0 Å². The Morgan fingerprint density at radius 2 is 2.00 bits per heavy atom. The number of carbonyl (C=O) groups is 1. The van der Waals surface area contributed by atoms with Crippen molar-refractivity contribution in [2.45, 2.75) is 52.3 Å². The predicted molar refractivity (Wildman–Crippen MR) is 92.3 cm³/mol. The molecule has 2 radical (unpaired) electrons. The highest BCUT2D eigenvalue weighted by molar-refractivity contribution is 6.30. The number of hydrogen-bond donors (Lipinski definition) is 1. The highest BCUT2D eigenvalue weighted by Crippen LogP contribution is 2.50. The molecule has 0 saturated carbocycles. The van der Waals surface area contributed by atoms with Crippen LogP contribution in [0.3, 0.4) is 0 Å². The van der Waals surface area contributed by atoms with Crippen LogP contribution >= 0.6 is 11.6 Å². The van der Waals surface area contributed by atoms with Crippen molar-refractivity contribution < 1.29 is 14.0 Å². The lowest BCUT2D eigenvalue weighted by Crippen LogP contribution is -2.69. The molecule has 23 heavy (non-hydrogen) atoms. The van der Waals surface area contributed by atoms with E-state index in [1.807, 2.05) is 40.3 Å². The average Bonchev–Trinajstić information content (AvgIpc) is 2.46. The molecule has 2 N–H and O–H groups in total. The molecular formula is C16H25ClN2O3Si. The normalized spacial score (nSPS) is 17.2. The Morgan fingerprint density at radius 3 is 2.43 bits per heavy atom. The molecule has 0 aromatic carbocycles. The summed E-state index contributed by atoms with van der Waals surface area (Å²) in [5.41, 5.74) is 4.09. The van der Waals surface area contributed by atoms with Crippen molar-refractivity contribution in [3.63, 3.8) is 0 Å². The zero-order chi connectivity index (χ0) is 17.9. The maximum Gasteiger partial charge on any atom is 0.353 e. The molecule has 0 fully saturated rings.